The molecule has 1 aromatic carbocycles. The molecule has 0 fully saturated rings. The topological polar surface area (TPSA) is 81.6 Å². The third-order valence-electron chi connectivity index (χ3n) is 2.10. The van der Waals surface area contributed by atoms with Crippen LogP contribution < -0.4 is 10.6 Å². The maximum Gasteiger partial charge on any atom is 0.216 e. The second-order valence-corrected chi connectivity index (χ2v) is 3.43. The number of amides is 1. The van der Waals surface area contributed by atoms with E-state index in [1.54, 1.807) is 6.07 Å². The molecule has 0 saturated carbocycles. The second kappa shape index (κ2) is 5.97. The molecule has 0 aliphatic carbocycles. The summed E-state index contributed by atoms with van der Waals surface area (Å²) < 4.78 is 0. The lowest BCUT2D eigenvalue weighted by atomic mass is 10.2. The minimum absolute atomic E-state index is 0.0621. The van der Waals surface area contributed by atoms with Crippen LogP contribution in [0.25, 0.3) is 0 Å². The summed E-state index contributed by atoms with van der Waals surface area (Å²) in [5, 5.41) is 24.6. The molecule has 4 N–H and O–H groups in total. The van der Waals surface area contributed by atoms with Crippen LogP contribution in [0.5, 0.6) is 11.5 Å². The standard InChI is InChI=1S/C11H16N2O3/c1-8(14)13-6-5-12-7-9-10(15)3-2-4-11(9)16/h2-4,12,15-16H,5-7H2,1H3,(H,13,14). The van der Waals surface area contributed by atoms with Crippen molar-refractivity contribution in [2.75, 3.05) is 13.1 Å². The van der Waals surface area contributed by atoms with Crippen LogP contribution in [0.1, 0.15) is 12.5 Å². The predicted octanol–water partition coefficient (Wildman–Crippen LogP) is 0.323. The van der Waals surface area contributed by atoms with E-state index in [0.29, 0.717) is 25.2 Å². The normalized spacial score (nSPS) is 10.1. The summed E-state index contributed by atoms with van der Waals surface area (Å²) >= 11 is 0. The molecule has 0 bridgehead atoms. The van der Waals surface area contributed by atoms with E-state index in [1.807, 2.05) is 0 Å². The third-order valence-corrected chi connectivity index (χ3v) is 2.10. The molecule has 0 radical (unpaired) electrons. The molecule has 1 aromatic rings. The number of carbonyl (C=O) groups is 1. The van der Waals surface area contributed by atoms with E-state index in [-0.39, 0.29) is 17.4 Å². The van der Waals surface area contributed by atoms with Gasteiger partial charge in [-0.25, -0.2) is 0 Å². The monoisotopic (exact) mass is 224 g/mol. The Labute approximate surface area is 94.1 Å². The first-order valence-electron chi connectivity index (χ1n) is 5.06. The molecule has 1 amide bonds. The molecule has 16 heavy (non-hydrogen) atoms. The third kappa shape index (κ3) is 3.78. The Morgan fingerprint density at radius 1 is 1.25 bits per heavy atom. The van der Waals surface area contributed by atoms with Gasteiger partial charge in [0.2, 0.25) is 5.91 Å². The van der Waals surface area contributed by atoms with Crippen LogP contribution in [0.15, 0.2) is 18.2 Å². The van der Waals surface area contributed by atoms with Crippen molar-refractivity contribution in [3.05, 3.63) is 23.8 Å². The summed E-state index contributed by atoms with van der Waals surface area (Å²) in [6.45, 7) is 2.91. The average molecular weight is 224 g/mol. The summed E-state index contributed by atoms with van der Waals surface area (Å²) in [6, 6.07) is 4.61. The molecular formula is C11H16N2O3. The number of phenolic OH excluding ortho intramolecular Hbond substituents is 2. The van der Waals surface area contributed by atoms with Crippen LogP contribution in [-0.2, 0) is 11.3 Å². The van der Waals surface area contributed by atoms with Gasteiger partial charge in [-0.1, -0.05) is 6.07 Å². The quantitative estimate of drug-likeness (QED) is 0.543. The van der Waals surface area contributed by atoms with Gasteiger partial charge in [-0.05, 0) is 12.1 Å². The Morgan fingerprint density at radius 2 is 1.88 bits per heavy atom. The summed E-state index contributed by atoms with van der Waals surface area (Å²) in [7, 11) is 0. The summed E-state index contributed by atoms with van der Waals surface area (Å²) in [6.07, 6.45) is 0. The summed E-state index contributed by atoms with van der Waals surface area (Å²) in [5.41, 5.74) is 0.463. The lowest BCUT2D eigenvalue weighted by Gasteiger charge is -2.08. The Kier molecular flexibility index (Phi) is 4.60. The van der Waals surface area contributed by atoms with Gasteiger partial charge in [0.15, 0.2) is 0 Å². The fourth-order valence-electron chi connectivity index (χ4n) is 1.28. The lowest BCUT2D eigenvalue weighted by molar-refractivity contribution is -0.118. The van der Waals surface area contributed by atoms with Crippen molar-refractivity contribution in [2.45, 2.75) is 13.5 Å². The first-order chi connectivity index (χ1) is 7.61. The second-order valence-electron chi connectivity index (χ2n) is 3.43. The highest BCUT2D eigenvalue weighted by Crippen LogP contribution is 2.25. The van der Waals surface area contributed by atoms with Crippen molar-refractivity contribution in [1.82, 2.24) is 10.6 Å². The molecule has 0 aliphatic rings. The van der Waals surface area contributed by atoms with Crippen molar-refractivity contribution in [3.63, 3.8) is 0 Å². The summed E-state index contributed by atoms with van der Waals surface area (Å²) in [4.78, 5) is 10.6. The molecule has 5 nitrogen and oxygen atoms in total. The van der Waals surface area contributed by atoms with Gasteiger partial charge in [0.1, 0.15) is 11.5 Å². The van der Waals surface area contributed by atoms with E-state index in [1.165, 1.54) is 19.1 Å². The van der Waals surface area contributed by atoms with E-state index in [4.69, 9.17) is 0 Å². The van der Waals surface area contributed by atoms with Crippen LogP contribution in [0.2, 0.25) is 0 Å². The van der Waals surface area contributed by atoms with Gasteiger partial charge in [0, 0.05) is 32.1 Å². The average Bonchev–Trinajstić information content (AvgIpc) is 2.21. The van der Waals surface area contributed by atoms with E-state index in [9.17, 15) is 15.0 Å². The van der Waals surface area contributed by atoms with Gasteiger partial charge in [-0.2, -0.15) is 0 Å². The Hall–Kier alpha value is -1.75. The SMILES string of the molecule is CC(=O)NCCNCc1c(O)cccc1O. The number of phenols is 2. The van der Waals surface area contributed by atoms with Gasteiger partial charge in [-0.3, -0.25) is 4.79 Å². The summed E-state index contributed by atoms with van der Waals surface area (Å²) in [5.74, 6) is 0.0475. The van der Waals surface area contributed by atoms with Crippen molar-refractivity contribution in [3.8, 4) is 11.5 Å². The Bertz CT molecular complexity index is 346. The highest BCUT2D eigenvalue weighted by molar-refractivity contribution is 5.72. The van der Waals surface area contributed by atoms with Crippen LogP contribution in [0.4, 0.5) is 0 Å². The predicted molar refractivity (Wildman–Crippen MR) is 60.2 cm³/mol. The van der Waals surface area contributed by atoms with E-state index >= 15 is 0 Å². The smallest absolute Gasteiger partial charge is 0.216 e. The molecule has 0 aromatic heterocycles. The largest absolute Gasteiger partial charge is 0.507 e. The molecular weight excluding hydrogens is 208 g/mol. The van der Waals surface area contributed by atoms with Crippen molar-refractivity contribution in [1.29, 1.82) is 0 Å². The first-order valence-corrected chi connectivity index (χ1v) is 5.06. The highest BCUT2D eigenvalue weighted by Gasteiger charge is 2.05. The van der Waals surface area contributed by atoms with Gasteiger partial charge >= 0.3 is 0 Å². The van der Waals surface area contributed by atoms with E-state index in [2.05, 4.69) is 10.6 Å². The van der Waals surface area contributed by atoms with Crippen LogP contribution in [0, 0.1) is 0 Å². The van der Waals surface area contributed by atoms with Gasteiger partial charge < -0.3 is 20.8 Å². The van der Waals surface area contributed by atoms with Crippen molar-refractivity contribution in [2.24, 2.45) is 0 Å². The Balaban J connectivity index is 2.34. The molecule has 0 atom stereocenters. The number of aromatic hydroxyl groups is 2. The maximum atomic E-state index is 10.6. The molecule has 0 spiro atoms. The van der Waals surface area contributed by atoms with Crippen LogP contribution in [0.3, 0.4) is 0 Å². The zero-order chi connectivity index (χ0) is 12.0. The fraction of sp³-hybridized carbons (Fsp3) is 0.364. The molecule has 5 heteroatoms. The molecule has 0 aliphatic heterocycles. The number of hydrogen-bond acceptors (Lipinski definition) is 4. The zero-order valence-electron chi connectivity index (χ0n) is 9.16. The molecule has 0 unspecified atom stereocenters. The minimum atomic E-state index is -0.0767. The van der Waals surface area contributed by atoms with Crippen molar-refractivity contribution < 1.29 is 15.0 Å². The number of benzene rings is 1. The van der Waals surface area contributed by atoms with E-state index < -0.39 is 0 Å². The lowest BCUT2D eigenvalue weighted by Crippen LogP contribution is -2.29. The number of hydrogen-bond donors (Lipinski definition) is 4. The van der Waals surface area contributed by atoms with Crippen LogP contribution in [-0.4, -0.2) is 29.2 Å². The molecule has 0 saturated heterocycles. The Morgan fingerprint density at radius 3 is 2.44 bits per heavy atom. The molecule has 0 heterocycles. The molecule has 1 rings (SSSR count). The van der Waals surface area contributed by atoms with Gasteiger partial charge in [0.25, 0.3) is 0 Å². The van der Waals surface area contributed by atoms with Gasteiger partial charge in [-0.15, -0.1) is 0 Å². The first kappa shape index (κ1) is 12.3. The maximum absolute atomic E-state index is 10.6. The number of nitrogens with one attached hydrogen (secondary N) is 2. The number of rotatable bonds is 5. The van der Waals surface area contributed by atoms with Crippen molar-refractivity contribution >= 4 is 5.91 Å². The minimum Gasteiger partial charge on any atom is -0.507 e. The van der Waals surface area contributed by atoms with Crippen LogP contribution >= 0.6 is 0 Å². The highest BCUT2D eigenvalue weighted by atomic mass is 16.3. The number of carbonyl (C=O) groups excluding carboxylic acids is 1. The van der Waals surface area contributed by atoms with E-state index in [0.717, 1.165) is 0 Å². The fourth-order valence-corrected chi connectivity index (χ4v) is 1.28. The van der Waals surface area contributed by atoms with Gasteiger partial charge in [0.05, 0.1) is 0 Å². The molecule has 88 valence electrons. The zero-order valence-corrected chi connectivity index (χ0v) is 9.16.